The van der Waals surface area contributed by atoms with Crippen LogP contribution in [0.25, 0.3) is 0 Å². The quantitative estimate of drug-likeness (QED) is 0.810. The van der Waals surface area contributed by atoms with Gasteiger partial charge in [0.15, 0.2) is 0 Å². The summed E-state index contributed by atoms with van der Waals surface area (Å²) >= 11 is 5.62. The molecule has 0 unspecified atom stereocenters. The molecule has 0 spiro atoms. The topological polar surface area (TPSA) is 26.0 Å². The van der Waals surface area contributed by atoms with E-state index in [1.54, 1.807) is 0 Å². The van der Waals surface area contributed by atoms with Crippen LogP contribution in [-0.2, 0) is 6.18 Å². The second-order valence-corrected chi connectivity index (χ2v) is 3.35. The van der Waals surface area contributed by atoms with E-state index in [1.165, 1.54) is 18.2 Å². The summed E-state index contributed by atoms with van der Waals surface area (Å²) < 4.78 is 37.3. The van der Waals surface area contributed by atoms with Crippen LogP contribution in [0.2, 0.25) is 5.02 Å². The van der Waals surface area contributed by atoms with Gasteiger partial charge in [-0.3, -0.25) is 0 Å². The van der Waals surface area contributed by atoms with E-state index in [1.807, 2.05) is 0 Å². The summed E-state index contributed by atoms with van der Waals surface area (Å²) in [5, 5.41) is -0.364. The molecule has 0 bridgehead atoms. The van der Waals surface area contributed by atoms with Gasteiger partial charge in [-0.15, -0.1) is 19.0 Å². The molecule has 1 aromatic carbocycles. The molecule has 0 radical (unpaired) electrons. The lowest BCUT2D eigenvalue weighted by atomic mass is 10.0. The van der Waals surface area contributed by atoms with Crippen molar-refractivity contribution in [2.75, 3.05) is 0 Å². The van der Waals surface area contributed by atoms with Gasteiger partial charge < -0.3 is 5.73 Å². The van der Waals surface area contributed by atoms with Gasteiger partial charge in [-0.05, 0) is 11.6 Å². The Morgan fingerprint density at radius 1 is 1.38 bits per heavy atom. The van der Waals surface area contributed by atoms with Crippen LogP contribution in [0.15, 0.2) is 30.9 Å². The lowest BCUT2D eigenvalue weighted by Crippen LogP contribution is -2.12. The molecule has 0 saturated heterocycles. The summed E-state index contributed by atoms with van der Waals surface area (Å²) in [6.45, 7) is 3.41. The second-order valence-electron chi connectivity index (χ2n) is 2.97. The summed E-state index contributed by atoms with van der Waals surface area (Å²) in [5.74, 6) is 0. The van der Waals surface area contributed by atoms with E-state index in [4.69, 9.17) is 17.3 Å². The molecule has 1 nitrogen and oxygen atoms in total. The van der Waals surface area contributed by atoms with Crippen LogP contribution >= 0.6 is 24.0 Å². The number of nitrogens with two attached hydrogens (primary N) is 1. The summed E-state index contributed by atoms with van der Waals surface area (Å²) in [6.07, 6.45) is -3.13. The average Bonchev–Trinajstić information content (AvgIpc) is 2.15. The van der Waals surface area contributed by atoms with Gasteiger partial charge in [0.2, 0.25) is 0 Å². The van der Waals surface area contributed by atoms with Crippen molar-refractivity contribution in [2.24, 2.45) is 5.73 Å². The highest BCUT2D eigenvalue weighted by molar-refractivity contribution is 6.32. The predicted octanol–water partition coefficient (Wildman–Crippen LogP) is 3.97. The SMILES string of the molecule is C=C[C@@H](N)c1cccc(C(F)(F)F)c1Cl.Cl. The lowest BCUT2D eigenvalue weighted by molar-refractivity contribution is -0.137. The average molecular weight is 272 g/mol. The maximum absolute atomic E-state index is 12.4. The minimum atomic E-state index is -4.46. The Morgan fingerprint density at radius 2 is 1.94 bits per heavy atom. The van der Waals surface area contributed by atoms with Crippen LogP contribution in [0, 0.1) is 0 Å². The van der Waals surface area contributed by atoms with E-state index in [0.717, 1.165) is 6.07 Å². The molecule has 1 rings (SSSR count). The normalized spacial score (nSPS) is 12.8. The van der Waals surface area contributed by atoms with E-state index in [2.05, 4.69) is 6.58 Å². The number of benzene rings is 1. The van der Waals surface area contributed by atoms with Gasteiger partial charge in [0, 0.05) is 6.04 Å². The fraction of sp³-hybridized carbons (Fsp3) is 0.200. The first-order valence-electron chi connectivity index (χ1n) is 4.11. The zero-order valence-electron chi connectivity index (χ0n) is 8.09. The van der Waals surface area contributed by atoms with Crippen LogP contribution in [0.3, 0.4) is 0 Å². The molecule has 0 fully saturated rings. The molecule has 1 aromatic rings. The van der Waals surface area contributed by atoms with Crippen molar-refractivity contribution in [3.05, 3.63) is 47.0 Å². The van der Waals surface area contributed by atoms with E-state index in [9.17, 15) is 13.2 Å². The Morgan fingerprint density at radius 3 is 2.38 bits per heavy atom. The fourth-order valence-corrected chi connectivity index (χ4v) is 1.51. The lowest BCUT2D eigenvalue weighted by Gasteiger charge is -2.14. The highest BCUT2D eigenvalue weighted by Crippen LogP contribution is 2.37. The van der Waals surface area contributed by atoms with Crippen LogP contribution in [-0.4, -0.2) is 0 Å². The van der Waals surface area contributed by atoms with Gasteiger partial charge in [-0.2, -0.15) is 13.2 Å². The molecular weight excluding hydrogens is 262 g/mol. The molecule has 0 heterocycles. The Hall–Kier alpha value is -0.710. The van der Waals surface area contributed by atoms with Gasteiger partial charge in [0.05, 0.1) is 10.6 Å². The van der Waals surface area contributed by atoms with Gasteiger partial charge in [0.25, 0.3) is 0 Å². The largest absolute Gasteiger partial charge is 0.417 e. The Kier molecular flexibility index (Phi) is 5.32. The minimum Gasteiger partial charge on any atom is -0.321 e. The third-order valence-corrected chi connectivity index (χ3v) is 2.37. The Labute approximate surface area is 102 Å². The fourth-order valence-electron chi connectivity index (χ4n) is 1.15. The molecule has 0 aliphatic rings. The maximum atomic E-state index is 12.4. The summed E-state index contributed by atoms with van der Waals surface area (Å²) in [4.78, 5) is 0. The van der Waals surface area contributed by atoms with Crippen LogP contribution < -0.4 is 5.73 Å². The van der Waals surface area contributed by atoms with Crippen LogP contribution in [0.1, 0.15) is 17.2 Å². The van der Waals surface area contributed by atoms with Gasteiger partial charge in [0.1, 0.15) is 0 Å². The molecule has 0 amide bonds. The van der Waals surface area contributed by atoms with E-state index < -0.39 is 17.8 Å². The number of hydrogen-bond acceptors (Lipinski definition) is 1. The van der Waals surface area contributed by atoms with E-state index in [0.29, 0.717) is 0 Å². The molecule has 16 heavy (non-hydrogen) atoms. The molecule has 90 valence electrons. The van der Waals surface area contributed by atoms with E-state index >= 15 is 0 Å². The van der Waals surface area contributed by atoms with Crippen molar-refractivity contribution in [3.8, 4) is 0 Å². The smallest absolute Gasteiger partial charge is 0.321 e. The number of halogens is 5. The third-order valence-electron chi connectivity index (χ3n) is 1.95. The van der Waals surface area contributed by atoms with Crippen molar-refractivity contribution in [2.45, 2.75) is 12.2 Å². The number of rotatable bonds is 2. The zero-order chi connectivity index (χ0) is 11.6. The standard InChI is InChI=1S/C10H9ClF3N.ClH/c1-2-8(15)6-4-3-5-7(9(6)11)10(12,13)14;/h2-5,8H,1,15H2;1H/t8-;/m1./s1. The molecule has 0 aromatic heterocycles. The minimum absolute atomic E-state index is 0. The second kappa shape index (κ2) is 5.57. The van der Waals surface area contributed by atoms with Crippen molar-refractivity contribution in [1.29, 1.82) is 0 Å². The van der Waals surface area contributed by atoms with Gasteiger partial charge >= 0.3 is 6.18 Å². The van der Waals surface area contributed by atoms with Crippen LogP contribution in [0.5, 0.6) is 0 Å². The summed E-state index contributed by atoms with van der Waals surface area (Å²) in [5.41, 5.74) is 4.89. The van der Waals surface area contributed by atoms with Crippen molar-refractivity contribution in [1.82, 2.24) is 0 Å². The highest BCUT2D eigenvalue weighted by Gasteiger charge is 2.34. The van der Waals surface area contributed by atoms with Crippen LogP contribution in [0.4, 0.5) is 13.2 Å². The van der Waals surface area contributed by atoms with Crippen molar-refractivity contribution >= 4 is 24.0 Å². The highest BCUT2D eigenvalue weighted by atomic mass is 35.5. The molecule has 2 N–H and O–H groups in total. The number of alkyl halides is 3. The first kappa shape index (κ1) is 15.3. The first-order chi connectivity index (χ1) is 6.88. The maximum Gasteiger partial charge on any atom is 0.417 e. The Bertz CT molecular complexity index is 377. The number of hydrogen-bond donors (Lipinski definition) is 1. The summed E-state index contributed by atoms with van der Waals surface area (Å²) in [6, 6.07) is 2.94. The molecule has 0 aliphatic heterocycles. The van der Waals surface area contributed by atoms with Gasteiger partial charge in [-0.1, -0.05) is 29.8 Å². The third kappa shape index (κ3) is 3.14. The predicted molar refractivity (Wildman–Crippen MR) is 60.8 cm³/mol. The molecule has 0 saturated carbocycles. The van der Waals surface area contributed by atoms with Crippen molar-refractivity contribution < 1.29 is 13.2 Å². The monoisotopic (exact) mass is 271 g/mol. The first-order valence-corrected chi connectivity index (χ1v) is 4.49. The molecule has 0 aliphatic carbocycles. The van der Waals surface area contributed by atoms with Gasteiger partial charge in [-0.25, -0.2) is 0 Å². The Balaban J connectivity index is 0.00000225. The van der Waals surface area contributed by atoms with E-state index in [-0.39, 0.29) is 23.0 Å². The molecular formula is C10H10Cl2F3N. The molecule has 1 atom stereocenters. The summed E-state index contributed by atoms with van der Waals surface area (Å²) in [7, 11) is 0. The van der Waals surface area contributed by atoms with Crippen molar-refractivity contribution in [3.63, 3.8) is 0 Å². The zero-order valence-corrected chi connectivity index (χ0v) is 9.66. The molecule has 6 heteroatoms.